The molecule has 0 N–H and O–H groups in total. The Hall–Kier alpha value is -4.97. The van der Waals surface area contributed by atoms with Gasteiger partial charge in [-0.1, -0.05) is 84.9 Å². The van der Waals surface area contributed by atoms with E-state index in [2.05, 4.69) is 93.8 Å². The molecule has 0 aliphatic rings. The second-order valence-electron chi connectivity index (χ2n) is 10.1. The van der Waals surface area contributed by atoms with Gasteiger partial charge in [-0.05, 0) is 69.4 Å². The molecule has 0 saturated heterocycles. The molecule has 4 nitrogen and oxygen atoms in total. The van der Waals surface area contributed by atoms with Gasteiger partial charge in [-0.3, -0.25) is 4.98 Å². The number of pyridine rings is 1. The van der Waals surface area contributed by atoms with Crippen LogP contribution in [0.25, 0.3) is 76.0 Å². The molecule has 0 amide bonds. The van der Waals surface area contributed by atoms with E-state index in [1.807, 2.05) is 48.8 Å². The maximum absolute atomic E-state index is 6.44. The van der Waals surface area contributed by atoms with Crippen LogP contribution in [0, 0.1) is 0 Å². The van der Waals surface area contributed by atoms with E-state index in [-0.39, 0.29) is 5.28 Å². The van der Waals surface area contributed by atoms with Crippen LogP contribution in [0.4, 0.5) is 0 Å². The fourth-order valence-electron chi connectivity index (χ4n) is 5.67. The Bertz CT molecular complexity index is 2260. The lowest BCUT2D eigenvalue weighted by molar-refractivity contribution is 1.07. The highest BCUT2D eigenvalue weighted by Crippen LogP contribution is 2.45. The SMILES string of the molecule is Clc1nc(-c2ccccc2)nc(-c2cccc3c2sc2cccc(-c4cc(-c5cccnc5)cc5ccccc45)c23)n1. The van der Waals surface area contributed by atoms with Crippen LogP contribution in [-0.2, 0) is 0 Å². The van der Waals surface area contributed by atoms with Crippen molar-refractivity contribution >= 4 is 53.9 Å². The number of nitrogens with zero attached hydrogens (tertiary/aromatic N) is 4. The van der Waals surface area contributed by atoms with E-state index >= 15 is 0 Å². The van der Waals surface area contributed by atoms with Gasteiger partial charge in [-0.25, -0.2) is 4.98 Å². The molecule has 0 aliphatic carbocycles. The second kappa shape index (κ2) is 10.1. The van der Waals surface area contributed by atoms with E-state index in [9.17, 15) is 0 Å². The number of hydrogen-bond donors (Lipinski definition) is 0. The Morgan fingerprint density at radius 1 is 0.548 bits per heavy atom. The Balaban J connectivity index is 1.38. The highest BCUT2D eigenvalue weighted by Gasteiger charge is 2.18. The molecule has 6 heteroatoms. The summed E-state index contributed by atoms with van der Waals surface area (Å²) in [6.07, 6.45) is 3.73. The molecule has 0 bridgehead atoms. The van der Waals surface area contributed by atoms with Gasteiger partial charge in [0, 0.05) is 49.3 Å². The summed E-state index contributed by atoms with van der Waals surface area (Å²) in [6.45, 7) is 0. The van der Waals surface area contributed by atoms with Gasteiger partial charge < -0.3 is 0 Å². The van der Waals surface area contributed by atoms with Crippen molar-refractivity contribution in [3.63, 3.8) is 0 Å². The normalized spacial score (nSPS) is 11.5. The van der Waals surface area contributed by atoms with Crippen molar-refractivity contribution in [2.45, 2.75) is 0 Å². The van der Waals surface area contributed by atoms with E-state index < -0.39 is 0 Å². The summed E-state index contributed by atoms with van der Waals surface area (Å²) in [6, 6.07) is 40.0. The molecule has 5 aromatic carbocycles. The summed E-state index contributed by atoms with van der Waals surface area (Å²) < 4.78 is 2.32. The van der Waals surface area contributed by atoms with Crippen LogP contribution in [0.5, 0.6) is 0 Å². The standard InChI is InChI=1S/C36H21ClN4S/c37-36-40-34(22-9-2-1-3-10-22)39-35(41-36)29-16-6-15-28-32-27(14-7-17-31(32)42-33(28)29)30-20-25(24-12-8-18-38-21-24)19-23-11-4-5-13-26(23)30/h1-21H. The van der Waals surface area contributed by atoms with E-state index in [1.165, 1.54) is 32.0 Å². The molecule has 0 atom stereocenters. The molecule has 8 aromatic rings. The molecule has 0 unspecified atom stereocenters. The van der Waals surface area contributed by atoms with E-state index in [0.717, 1.165) is 32.3 Å². The van der Waals surface area contributed by atoms with Crippen molar-refractivity contribution in [3.8, 4) is 45.0 Å². The molecule has 8 rings (SSSR count). The number of aromatic nitrogens is 4. The first-order valence-corrected chi connectivity index (χ1v) is 14.8. The third-order valence-electron chi connectivity index (χ3n) is 7.55. The van der Waals surface area contributed by atoms with Crippen LogP contribution in [0.3, 0.4) is 0 Å². The molecule has 3 aromatic heterocycles. The Kier molecular flexibility index (Phi) is 5.99. The Labute approximate surface area is 251 Å². The molecule has 198 valence electrons. The van der Waals surface area contributed by atoms with Crippen molar-refractivity contribution in [1.82, 2.24) is 19.9 Å². The van der Waals surface area contributed by atoms with Gasteiger partial charge in [0.25, 0.3) is 0 Å². The molecule has 0 fully saturated rings. The minimum Gasteiger partial charge on any atom is -0.264 e. The topological polar surface area (TPSA) is 51.6 Å². The fraction of sp³-hybridized carbons (Fsp3) is 0. The molecule has 0 saturated carbocycles. The lowest BCUT2D eigenvalue weighted by atomic mass is 9.91. The molecule has 42 heavy (non-hydrogen) atoms. The molecule has 3 heterocycles. The summed E-state index contributed by atoms with van der Waals surface area (Å²) in [4.78, 5) is 18.2. The average molecular weight is 577 g/mol. The van der Waals surface area contributed by atoms with Gasteiger partial charge in [0.05, 0.1) is 0 Å². The van der Waals surface area contributed by atoms with Crippen molar-refractivity contribution in [3.05, 3.63) is 133 Å². The smallest absolute Gasteiger partial charge is 0.226 e. The predicted molar refractivity (Wildman–Crippen MR) is 175 cm³/mol. The van der Waals surface area contributed by atoms with Crippen LogP contribution >= 0.6 is 22.9 Å². The zero-order valence-corrected chi connectivity index (χ0v) is 23.8. The fourth-order valence-corrected chi connectivity index (χ4v) is 7.07. The number of thiophene rings is 1. The Morgan fingerprint density at radius 3 is 2.19 bits per heavy atom. The summed E-state index contributed by atoms with van der Waals surface area (Å²) >= 11 is 8.19. The molecular formula is C36H21ClN4S. The lowest BCUT2D eigenvalue weighted by Gasteiger charge is -2.13. The largest absolute Gasteiger partial charge is 0.264 e. The average Bonchev–Trinajstić information content (AvgIpc) is 3.44. The molecule has 0 aliphatic heterocycles. The first-order chi connectivity index (χ1) is 20.7. The zero-order valence-electron chi connectivity index (χ0n) is 22.2. The van der Waals surface area contributed by atoms with Gasteiger partial charge in [0.15, 0.2) is 11.6 Å². The van der Waals surface area contributed by atoms with Crippen LogP contribution in [0.1, 0.15) is 0 Å². The minimum absolute atomic E-state index is 0.177. The van der Waals surface area contributed by atoms with Crippen molar-refractivity contribution in [1.29, 1.82) is 0 Å². The van der Waals surface area contributed by atoms with Crippen molar-refractivity contribution in [2.24, 2.45) is 0 Å². The highest BCUT2D eigenvalue weighted by molar-refractivity contribution is 7.26. The predicted octanol–water partition coefficient (Wildman–Crippen LogP) is 10.1. The van der Waals surface area contributed by atoms with Crippen LogP contribution in [-0.4, -0.2) is 19.9 Å². The maximum Gasteiger partial charge on any atom is 0.226 e. The number of hydrogen-bond acceptors (Lipinski definition) is 5. The summed E-state index contributed by atoms with van der Waals surface area (Å²) in [7, 11) is 0. The third kappa shape index (κ3) is 4.22. The number of benzene rings is 5. The van der Waals surface area contributed by atoms with E-state index in [4.69, 9.17) is 16.6 Å². The first-order valence-electron chi connectivity index (χ1n) is 13.6. The van der Waals surface area contributed by atoms with Crippen LogP contribution in [0.2, 0.25) is 5.28 Å². The minimum atomic E-state index is 0.177. The summed E-state index contributed by atoms with van der Waals surface area (Å²) in [5.74, 6) is 1.12. The summed E-state index contributed by atoms with van der Waals surface area (Å²) in [5, 5.41) is 4.97. The van der Waals surface area contributed by atoms with Crippen molar-refractivity contribution < 1.29 is 0 Å². The van der Waals surface area contributed by atoms with Gasteiger partial charge in [-0.15, -0.1) is 11.3 Å². The van der Waals surface area contributed by atoms with Crippen LogP contribution < -0.4 is 0 Å². The molecule has 0 radical (unpaired) electrons. The highest BCUT2D eigenvalue weighted by atomic mass is 35.5. The zero-order chi connectivity index (χ0) is 28.0. The van der Waals surface area contributed by atoms with Crippen molar-refractivity contribution in [2.75, 3.05) is 0 Å². The second-order valence-corrected chi connectivity index (χ2v) is 11.5. The third-order valence-corrected chi connectivity index (χ3v) is 8.92. The van der Waals surface area contributed by atoms with Crippen LogP contribution in [0.15, 0.2) is 128 Å². The van der Waals surface area contributed by atoms with Gasteiger partial charge in [0.1, 0.15) is 0 Å². The van der Waals surface area contributed by atoms with E-state index in [1.54, 1.807) is 11.3 Å². The first kappa shape index (κ1) is 24.8. The quantitative estimate of drug-likeness (QED) is 0.209. The number of fused-ring (bicyclic) bond motifs is 4. The maximum atomic E-state index is 6.44. The Morgan fingerprint density at radius 2 is 1.31 bits per heavy atom. The number of rotatable bonds is 4. The number of halogens is 1. The lowest BCUT2D eigenvalue weighted by Crippen LogP contribution is -1.97. The summed E-state index contributed by atoms with van der Waals surface area (Å²) in [5.41, 5.74) is 6.45. The van der Waals surface area contributed by atoms with Gasteiger partial charge in [0.2, 0.25) is 5.28 Å². The van der Waals surface area contributed by atoms with Gasteiger partial charge in [-0.2, -0.15) is 9.97 Å². The van der Waals surface area contributed by atoms with Gasteiger partial charge >= 0.3 is 0 Å². The molecular weight excluding hydrogens is 556 g/mol. The molecule has 0 spiro atoms. The van der Waals surface area contributed by atoms with E-state index in [0.29, 0.717) is 11.6 Å². The monoisotopic (exact) mass is 576 g/mol.